The van der Waals surface area contributed by atoms with Crippen molar-refractivity contribution < 1.29 is 21.1 Å². The summed E-state index contributed by atoms with van der Waals surface area (Å²) in [6.45, 7) is 5.00. The Bertz CT molecular complexity index is 29.0. The van der Waals surface area contributed by atoms with Crippen molar-refractivity contribution in [3.05, 3.63) is 40.0 Å². The van der Waals surface area contributed by atoms with Gasteiger partial charge in [-0.3, -0.25) is 0 Å². The zero-order chi connectivity index (χ0) is 7.66. The molecule has 0 aromatic heterocycles. The first kappa shape index (κ1) is 18.5. The maximum Gasteiger partial charge on any atom is 2.00 e. The third kappa shape index (κ3) is 13.3. The fourth-order valence-corrected chi connectivity index (χ4v) is 0.856. The van der Waals surface area contributed by atoms with Gasteiger partial charge in [0, 0.05) is 0 Å². The van der Waals surface area contributed by atoms with Crippen LogP contribution in [0, 0.1) is 40.0 Å². The molecule has 0 aromatic carbocycles. The van der Waals surface area contributed by atoms with E-state index in [1.807, 2.05) is 0 Å². The summed E-state index contributed by atoms with van der Waals surface area (Å²) < 4.78 is 0. The molecular formula is C11H20Pt. The Morgan fingerprint density at radius 3 is 1.08 bits per heavy atom. The minimum absolute atomic E-state index is 0. The second kappa shape index (κ2) is 17.7. The van der Waals surface area contributed by atoms with E-state index in [1.165, 1.54) is 25.7 Å². The predicted molar refractivity (Wildman–Crippen MR) is 53.1 cm³/mol. The van der Waals surface area contributed by atoms with Crippen molar-refractivity contribution in [1.82, 2.24) is 0 Å². The van der Waals surface area contributed by atoms with E-state index in [1.54, 1.807) is 6.92 Å². The SMILES string of the molecule is [CH2-]C.[CH3-].[CH]1[CH]CC[CH][CH]CC1.[Pt+2]. The molecular weight excluding hydrogens is 327 g/mol. The van der Waals surface area contributed by atoms with Crippen LogP contribution in [-0.4, -0.2) is 0 Å². The quantitative estimate of drug-likeness (QED) is 0.587. The van der Waals surface area contributed by atoms with E-state index in [4.69, 9.17) is 0 Å². The first-order chi connectivity index (χ1) is 5.00. The van der Waals surface area contributed by atoms with Gasteiger partial charge in [0.15, 0.2) is 0 Å². The van der Waals surface area contributed by atoms with E-state index >= 15 is 0 Å². The average molecular weight is 347 g/mol. The van der Waals surface area contributed by atoms with Gasteiger partial charge < -0.3 is 14.4 Å². The molecule has 1 aliphatic carbocycles. The van der Waals surface area contributed by atoms with Crippen LogP contribution in [0.3, 0.4) is 0 Å². The standard InChI is InChI=1S/C8H12.C2H5.CH3.Pt/c1-2-4-6-8-7-5-3-1;1-2;;/h1-2,7-8H,3-6H2;1H2,2H3;1H3;/q;2*-1;+2. The fourth-order valence-electron chi connectivity index (χ4n) is 0.856. The van der Waals surface area contributed by atoms with Gasteiger partial charge >= 0.3 is 21.1 Å². The fraction of sp³-hybridized carbons (Fsp3) is 0.455. The van der Waals surface area contributed by atoms with E-state index in [-0.39, 0.29) is 28.5 Å². The zero-order valence-electron chi connectivity index (χ0n) is 8.16. The molecule has 1 heteroatoms. The summed E-state index contributed by atoms with van der Waals surface area (Å²) in [5.74, 6) is 0. The van der Waals surface area contributed by atoms with Gasteiger partial charge in [-0.25, -0.2) is 0 Å². The van der Waals surface area contributed by atoms with Gasteiger partial charge in [0.2, 0.25) is 0 Å². The molecule has 0 amide bonds. The molecule has 1 rings (SSSR count). The molecule has 0 bridgehead atoms. The smallest absolute Gasteiger partial charge is 0.358 e. The van der Waals surface area contributed by atoms with Gasteiger partial charge in [0.25, 0.3) is 0 Å². The summed E-state index contributed by atoms with van der Waals surface area (Å²) in [4.78, 5) is 0. The van der Waals surface area contributed by atoms with E-state index in [0.29, 0.717) is 0 Å². The van der Waals surface area contributed by atoms with Crippen LogP contribution in [0.5, 0.6) is 0 Å². The number of hydrogen-bond acceptors (Lipinski definition) is 0. The van der Waals surface area contributed by atoms with Gasteiger partial charge in [0.1, 0.15) is 0 Å². The minimum Gasteiger partial charge on any atom is -0.358 e. The van der Waals surface area contributed by atoms with Crippen LogP contribution < -0.4 is 0 Å². The van der Waals surface area contributed by atoms with E-state index in [0.717, 1.165) is 0 Å². The Kier molecular flexibility index (Phi) is 27.2. The van der Waals surface area contributed by atoms with Crippen LogP contribution in [0.2, 0.25) is 0 Å². The Morgan fingerprint density at radius 2 is 0.917 bits per heavy atom. The molecule has 1 aliphatic rings. The number of hydrogen-bond donors (Lipinski definition) is 0. The summed E-state index contributed by atoms with van der Waals surface area (Å²) in [5.41, 5.74) is 0. The second-order valence-electron chi connectivity index (χ2n) is 2.10. The Balaban J connectivity index is -0.000000189. The normalized spacial score (nSPS) is 16.5. The molecule has 0 spiro atoms. The maximum absolute atomic E-state index is 3.25. The van der Waals surface area contributed by atoms with Crippen molar-refractivity contribution in [3.8, 4) is 0 Å². The van der Waals surface area contributed by atoms with Crippen molar-refractivity contribution in [2.24, 2.45) is 0 Å². The third-order valence-electron chi connectivity index (χ3n) is 1.33. The molecule has 0 aliphatic heterocycles. The molecule has 12 heavy (non-hydrogen) atoms. The van der Waals surface area contributed by atoms with Crippen LogP contribution in [0.1, 0.15) is 32.6 Å². The molecule has 0 atom stereocenters. The molecule has 4 radical (unpaired) electrons. The van der Waals surface area contributed by atoms with Crippen LogP contribution >= 0.6 is 0 Å². The van der Waals surface area contributed by atoms with Crippen molar-refractivity contribution in [1.29, 1.82) is 0 Å². The van der Waals surface area contributed by atoms with Gasteiger partial charge in [-0.2, -0.15) is 6.92 Å². The molecule has 0 saturated heterocycles. The molecule has 74 valence electrons. The Morgan fingerprint density at radius 1 is 0.750 bits per heavy atom. The first-order valence-corrected chi connectivity index (χ1v) is 4.01. The monoisotopic (exact) mass is 347 g/mol. The van der Waals surface area contributed by atoms with Gasteiger partial charge in [-0.15, -0.1) is 0 Å². The van der Waals surface area contributed by atoms with Gasteiger partial charge in [0.05, 0.1) is 0 Å². The Hall–Kier alpha value is 0.688. The van der Waals surface area contributed by atoms with Crippen molar-refractivity contribution in [2.45, 2.75) is 32.6 Å². The molecule has 0 nitrogen and oxygen atoms in total. The summed E-state index contributed by atoms with van der Waals surface area (Å²) in [6, 6.07) is 0. The second-order valence-corrected chi connectivity index (χ2v) is 2.10. The third-order valence-corrected chi connectivity index (χ3v) is 1.33. The van der Waals surface area contributed by atoms with E-state index in [2.05, 4.69) is 32.6 Å². The molecule has 1 fully saturated rings. The van der Waals surface area contributed by atoms with Gasteiger partial charge in [-0.05, 0) is 51.4 Å². The average Bonchev–Trinajstić information content (AvgIpc) is 1.90. The van der Waals surface area contributed by atoms with Crippen LogP contribution in [0.15, 0.2) is 0 Å². The maximum atomic E-state index is 3.25. The Labute approximate surface area is 93.8 Å². The van der Waals surface area contributed by atoms with E-state index < -0.39 is 0 Å². The van der Waals surface area contributed by atoms with Crippen LogP contribution in [0.25, 0.3) is 0 Å². The number of rotatable bonds is 0. The molecule has 0 aromatic rings. The molecule has 0 heterocycles. The minimum atomic E-state index is 0. The zero-order valence-corrected chi connectivity index (χ0v) is 10.4. The van der Waals surface area contributed by atoms with Crippen molar-refractivity contribution in [2.75, 3.05) is 0 Å². The molecule has 0 N–H and O–H groups in total. The first-order valence-electron chi connectivity index (χ1n) is 4.01. The largest absolute Gasteiger partial charge is 2.00 e. The summed E-state index contributed by atoms with van der Waals surface area (Å²) in [5, 5.41) is 0. The molecule has 1 saturated carbocycles. The summed E-state index contributed by atoms with van der Waals surface area (Å²) in [7, 11) is 0. The molecule has 0 unspecified atom stereocenters. The van der Waals surface area contributed by atoms with Gasteiger partial charge in [-0.1, -0.05) is 0 Å². The predicted octanol–water partition coefficient (Wildman–Crippen LogP) is 3.67. The van der Waals surface area contributed by atoms with Crippen LogP contribution in [-0.2, 0) is 21.1 Å². The van der Waals surface area contributed by atoms with Crippen molar-refractivity contribution >= 4 is 0 Å². The van der Waals surface area contributed by atoms with Crippen molar-refractivity contribution in [3.63, 3.8) is 0 Å². The summed E-state index contributed by atoms with van der Waals surface area (Å²) >= 11 is 0. The van der Waals surface area contributed by atoms with E-state index in [9.17, 15) is 0 Å². The topological polar surface area (TPSA) is 0 Å². The summed E-state index contributed by atoms with van der Waals surface area (Å²) in [6.07, 6.45) is 14.0. The van der Waals surface area contributed by atoms with Crippen LogP contribution in [0.4, 0.5) is 0 Å².